The van der Waals surface area contributed by atoms with Crippen LogP contribution in [0, 0.1) is 6.92 Å². The summed E-state index contributed by atoms with van der Waals surface area (Å²) < 4.78 is 5.89. The number of amides is 1. The van der Waals surface area contributed by atoms with Crippen LogP contribution < -0.4 is 0 Å². The lowest BCUT2D eigenvalue weighted by atomic mass is 9.88. The van der Waals surface area contributed by atoms with Crippen LogP contribution in [0.5, 0.6) is 0 Å². The van der Waals surface area contributed by atoms with Gasteiger partial charge in [0.05, 0.1) is 17.6 Å². The van der Waals surface area contributed by atoms with Gasteiger partial charge in [0.2, 0.25) is 5.91 Å². The third-order valence-electron chi connectivity index (χ3n) is 5.14. The van der Waals surface area contributed by atoms with E-state index in [1.54, 1.807) is 18.2 Å². The average molecular weight is 317 g/mol. The number of carbonyl (C=O) groups excluding carboxylic acids is 1. The summed E-state index contributed by atoms with van der Waals surface area (Å²) >= 11 is 0. The van der Waals surface area contributed by atoms with E-state index in [9.17, 15) is 9.59 Å². The first-order chi connectivity index (χ1) is 11.0. The summed E-state index contributed by atoms with van der Waals surface area (Å²) in [5.41, 5.74) is 2.04. The number of hydrogen-bond acceptors (Lipinski definition) is 3. The van der Waals surface area contributed by atoms with Gasteiger partial charge in [-0.15, -0.1) is 0 Å². The van der Waals surface area contributed by atoms with Crippen LogP contribution in [0.15, 0.2) is 18.2 Å². The molecule has 1 aromatic rings. The highest BCUT2D eigenvalue weighted by Crippen LogP contribution is 2.35. The van der Waals surface area contributed by atoms with Gasteiger partial charge in [-0.25, -0.2) is 4.79 Å². The number of piperidine rings is 1. The first kappa shape index (κ1) is 16.0. The molecular formula is C18H23NO4. The number of likely N-dealkylation sites (tertiary alicyclic amines) is 1. The fraction of sp³-hybridized carbons (Fsp3) is 0.556. The van der Waals surface area contributed by atoms with Gasteiger partial charge in [-0.1, -0.05) is 6.07 Å². The standard InChI is InChI=1S/C18H23NO4/c1-13-11-15(17(21)22)4-3-14(13)12-16(20)19-8-6-18(7-9-19)5-2-10-23-18/h3-4,11H,2,5-10,12H2,1H3,(H,21,22). The van der Waals surface area contributed by atoms with Gasteiger partial charge in [0.25, 0.3) is 0 Å². The van der Waals surface area contributed by atoms with Gasteiger partial charge in [0.1, 0.15) is 0 Å². The van der Waals surface area contributed by atoms with Crippen molar-refractivity contribution in [2.24, 2.45) is 0 Å². The zero-order valence-electron chi connectivity index (χ0n) is 13.5. The lowest BCUT2D eigenvalue weighted by Gasteiger charge is -2.38. The molecule has 2 aliphatic heterocycles. The number of carboxylic acids is 1. The Bertz CT molecular complexity index is 609. The van der Waals surface area contributed by atoms with Crippen LogP contribution in [0.4, 0.5) is 0 Å². The largest absolute Gasteiger partial charge is 0.478 e. The van der Waals surface area contributed by atoms with E-state index in [2.05, 4.69) is 0 Å². The Labute approximate surface area is 136 Å². The molecule has 1 amide bonds. The fourth-order valence-corrected chi connectivity index (χ4v) is 3.62. The summed E-state index contributed by atoms with van der Waals surface area (Å²) in [6.07, 6.45) is 4.43. The summed E-state index contributed by atoms with van der Waals surface area (Å²) in [5.74, 6) is -0.826. The molecule has 2 fully saturated rings. The molecule has 0 unspecified atom stereocenters. The maximum absolute atomic E-state index is 12.5. The van der Waals surface area contributed by atoms with Crippen LogP contribution in [0.2, 0.25) is 0 Å². The summed E-state index contributed by atoms with van der Waals surface area (Å²) in [6.45, 7) is 4.21. The van der Waals surface area contributed by atoms with Gasteiger partial charge in [-0.05, 0) is 55.9 Å². The van der Waals surface area contributed by atoms with E-state index in [1.807, 2.05) is 11.8 Å². The molecule has 3 rings (SSSR count). The SMILES string of the molecule is Cc1cc(C(=O)O)ccc1CC(=O)N1CCC2(CCCO2)CC1. The van der Waals surface area contributed by atoms with Gasteiger partial charge >= 0.3 is 5.97 Å². The molecule has 0 atom stereocenters. The van der Waals surface area contributed by atoms with Gasteiger partial charge in [-0.3, -0.25) is 4.79 Å². The second-order valence-electron chi connectivity index (χ2n) is 6.64. The topological polar surface area (TPSA) is 66.8 Å². The molecule has 2 aliphatic rings. The average Bonchev–Trinajstić information content (AvgIpc) is 2.98. The molecule has 124 valence electrons. The Balaban J connectivity index is 1.60. The summed E-state index contributed by atoms with van der Waals surface area (Å²) in [7, 11) is 0. The van der Waals surface area contributed by atoms with Gasteiger partial charge in [0.15, 0.2) is 0 Å². The summed E-state index contributed by atoms with van der Waals surface area (Å²) in [6, 6.07) is 4.94. The first-order valence-electron chi connectivity index (χ1n) is 8.24. The van der Waals surface area contributed by atoms with Crippen LogP contribution in [-0.4, -0.2) is 47.2 Å². The van der Waals surface area contributed by atoms with Crippen molar-refractivity contribution in [2.45, 2.75) is 44.6 Å². The molecule has 0 bridgehead atoms. The lowest BCUT2D eigenvalue weighted by Crippen LogP contribution is -2.46. The van der Waals surface area contributed by atoms with E-state index in [0.29, 0.717) is 6.42 Å². The number of carbonyl (C=O) groups is 2. The predicted molar refractivity (Wildman–Crippen MR) is 85.6 cm³/mol. The highest BCUT2D eigenvalue weighted by Gasteiger charge is 2.39. The Morgan fingerprint density at radius 1 is 1.26 bits per heavy atom. The number of aromatic carboxylic acids is 1. The molecular weight excluding hydrogens is 294 g/mol. The molecule has 0 saturated carbocycles. The fourth-order valence-electron chi connectivity index (χ4n) is 3.62. The second-order valence-corrected chi connectivity index (χ2v) is 6.64. The van der Waals surface area contributed by atoms with Crippen LogP contribution in [0.1, 0.15) is 47.2 Å². The Morgan fingerprint density at radius 3 is 2.57 bits per heavy atom. The minimum Gasteiger partial charge on any atom is -0.478 e. The van der Waals surface area contributed by atoms with Crippen molar-refractivity contribution in [2.75, 3.05) is 19.7 Å². The summed E-state index contributed by atoms with van der Waals surface area (Å²) in [4.78, 5) is 25.4. The van der Waals surface area contributed by atoms with Crippen molar-refractivity contribution < 1.29 is 19.4 Å². The molecule has 0 aromatic heterocycles. The highest BCUT2D eigenvalue weighted by molar-refractivity contribution is 5.88. The van der Waals surface area contributed by atoms with Crippen LogP contribution in [0.25, 0.3) is 0 Å². The van der Waals surface area contributed by atoms with E-state index in [-0.39, 0.29) is 17.1 Å². The monoisotopic (exact) mass is 317 g/mol. The normalized spacial score (nSPS) is 20.0. The van der Waals surface area contributed by atoms with Crippen molar-refractivity contribution in [3.8, 4) is 0 Å². The molecule has 5 nitrogen and oxygen atoms in total. The molecule has 1 N–H and O–H groups in total. The number of ether oxygens (including phenoxy) is 1. The van der Waals surface area contributed by atoms with Crippen LogP contribution in [-0.2, 0) is 16.0 Å². The third kappa shape index (κ3) is 3.39. The number of aryl methyl sites for hydroxylation is 1. The van der Waals surface area contributed by atoms with Gasteiger partial charge < -0.3 is 14.7 Å². The highest BCUT2D eigenvalue weighted by atomic mass is 16.5. The number of rotatable bonds is 3. The molecule has 2 heterocycles. The predicted octanol–water partition coefficient (Wildman–Crippen LogP) is 2.41. The van der Waals surface area contributed by atoms with Gasteiger partial charge in [-0.2, -0.15) is 0 Å². The maximum Gasteiger partial charge on any atom is 0.335 e. The molecule has 1 spiro atoms. The molecule has 0 aliphatic carbocycles. The van der Waals surface area contributed by atoms with E-state index in [1.165, 1.54) is 0 Å². The van der Waals surface area contributed by atoms with E-state index < -0.39 is 5.97 Å². The Hall–Kier alpha value is -1.88. The van der Waals surface area contributed by atoms with Gasteiger partial charge in [0, 0.05) is 19.7 Å². The molecule has 0 radical (unpaired) electrons. The zero-order valence-corrected chi connectivity index (χ0v) is 13.5. The van der Waals surface area contributed by atoms with Crippen molar-refractivity contribution in [3.05, 3.63) is 34.9 Å². The number of carboxylic acid groups (broad SMARTS) is 1. The maximum atomic E-state index is 12.5. The number of benzene rings is 1. The Kier molecular flexibility index (Phi) is 4.39. The van der Waals surface area contributed by atoms with Crippen molar-refractivity contribution in [3.63, 3.8) is 0 Å². The van der Waals surface area contributed by atoms with Crippen LogP contribution in [0.3, 0.4) is 0 Å². The second kappa shape index (κ2) is 6.32. The lowest BCUT2D eigenvalue weighted by molar-refractivity contribution is -0.135. The van der Waals surface area contributed by atoms with E-state index in [0.717, 1.165) is 56.5 Å². The third-order valence-corrected chi connectivity index (χ3v) is 5.14. The van der Waals surface area contributed by atoms with Crippen LogP contribution >= 0.6 is 0 Å². The molecule has 23 heavy (non-hydrogen) atoms. The van der Waals surface area contributed by atoms with E-state index >= 15 is 0 Å². The van der Waals surface area contributed by atoms with Crippen molar-refractivity contribution >= 4 is 11.9 Å². The molecule has 2 saturated heterocycles. The summed E-state index contributed by atoms with van der Waals surface area (Å²) in [5, 5.41) is 9.00. The smallest absolute Gasteiger partial charge is 0.335 e. The quantitative estimate of drug-likeness (QED) is 0.929. The minimum atomic E-state index is -0.941. The first-order valence-corrected chi connectivity index (χ1v) is 8.24. The number of nitrogens with zero attached hydrogens (tertiary/aromatic N) is 1. The molecule has 1 aromatic carbocycles. The molecule has 5 heteroatoms. The Morgan fingerprint density at radius 2 is 2.00 bits per heavy atom. The van der Waals surface area contributed by atoms with Crippen molar-refractivity contribution in [1.82, 2.24) is 4.90 Å². The number of hydrogen-bond donors (Lipinski definition) is 1. The van der Waals surface area contributed by atoms with E-state index in [4.69, 9.17) is 9.84 Å². The van der Waals surface area contributed by atoms with Crippen molar-refractivity contribution in [1.29, 1.82) is 0 Å². The zero-order chi connectivity index (χ0) is 16.4. The minimum absolute atomic E-state index is 0.0236.